The molecule has 0 aliphatic heterocycles. The van der Waals surface area contributed by atoms with Gasteiger partial charge in [-0.1, -0.05) is 38.1 Å². The summed E-state index contributed by atoms with van der Waals surface area (Å²) in [5, 5.41) is 0. The molecular weight excluding hydrogens is 392 g/mol. The number of rotatable bonds is 6. The second-order valence-corrected chi connectivity index (χ2v) is 7.81. The van der Waals surface area contributed by atoms with E-state index in [0.29, 0.717) is 29.3 Å². The van der Waals surface area contributed by atoms with Crippen molar-refractivity contribution in [2.45, 2.75) is 39.8 Å². The zero-order valence-electron chi connectivity index (χ0n) is 18.2. The largest absolute Gasteiger partial charge is 0.497 e. The van der Waals surface area contributed by atoms with Gasteiger partial charge in [0.25, 0.3) is 5.56 Å². The fraction of sp³-hybridized carbons (Fsp3) is 0.292. The first-order valence-electron chi connectivity index (χ1n) is 10.4. The number of fused-ring (bicyclic) bond motifs is 1. The topological polar surface area (TPSA) is 71.0 Å². The highest BCUT2D eigenvalue weighted by atomic mass is 16.5. The summed E-state index contributed by atoms with van der Waals surface area (Å²) in [6.45, 7) is 6.79. The molecule has 4 aromatic rings. The number of aromatic nitrogens is 4. The molecule has 0 radical (unpaired) electrons. The number of imidazole rings is 1. The zero-order valence-corrected chi connectivity index (χ0v) is 18.2. The van der Waals surface area contributed by atoms with Crippen LogP contribution in [0.3, 0.4) is 0 Å². The molecule has 0 spiro atoms. The zero-order chi connectivity index (χ0) is 22.1. The van der Waals surface area contributed by atoms with Crippen LogP contribution in [0.25, 0.3) is 16.9 Å². The second kappa shape index (κ2) is 8.26. The molecule has 31 heavy (non-hydrogen) atoms. The van der Waals surface area contributed by atoms with Crippen molar-refractivity contribution in [2.24, 2.45) is 0 Å². The van der Waals surface area contributed by atoms with Crippen LogP contribution in [0.15, 0.2) is 64.4 Å². The molecule has 0 fully saturated rings. The summed E-state index contributed by atoms with van der Waals surface area (Å²) >= 11 is 0. The first-order chi connectivity index (χ1) is 14.9. The lowest BCUT2D eigenvalue weighted by Gasteiger charge is -2.13. The van der Waals surface area contributed by atoms with E-state index < -0.39 is 0 Å². The van der Waals surface area contributed by atoms with Gasteiger partial charge < -0.3 is 9.30 Å². The van der Waals surface area contributed by atoms with Gasteiger partial charge in [0.15, 0.2) is 11.2 Å². The highest BCUT2D eigenvalue weighted by Crippen LogP contribution is 2.19. The van der Waals surface area contributed by atoms with E-state index >= 15 is 0 Å². The molecule has 0 saturated heterocycles. The Morgan fingerprint density at radius 1 is 1.00 bits per heavy atom. The maximum atomic E-state index is 13.2. The highest BCUT2D eigenvalue weighted by Gasteiger charge is 2.19. The fourth-order valence-corrected chi connectivity index (χ4v) is 3.75. The monoisotopic (exact) mass is 418 g/mol. The predicted molar refractivity (Wildman–Crippen MR) is 121 cm³/mol. The standard InChI is InChI=1S/C24H26N4O3/c1-5-27-23(29)21-22(25-15-26(21)14-17-6-12-20(31-4)13-7-17)28(24(27)30)19-10-8-18(9-11-19)16(2)3/h6-13,15-16H,5,14H2,1-4H3. The van der Waals surface area contributed by atoms with Crippen molar-refractivity contribution in [3.8, 4) is 11.4 Å². The molecule has 2 aromatic heterocycles. The van der Waals surface area contributed by atoms with Gasteiger partial charge in [0, 0.05) is 13.1 Å². The third-order valence-electron chi connectivity index (χ3n) is 5.55. The van der Waals surface area contributed by atoms with Crippen LogP contribution in [0.5, 0.6) is 5.75 Å². The molecule has 160 valence electrons. The van der Waals surface area contributed by atoms with Gasteiger partial charge in [0.2, 0.25) is 0 Å². The van der Waals surface area contributed by atoms with E-state index in [4.69, 9.17) is 4.74 Å². The minimum absolute atomic E-state index is 0.283. The quantitative estimate of drug-likeness (QED) is 0.480. The number of ether oxygens (including phenoxy) is 1. The van der Waals surface area contributed by atoms with Crippen molar-refractivity contribution in [3.05, 3.63) is 86.8 Å². The van der Waals surface area contributed by atoms with Gasteiger partial charge in [-0.05, 0) is 48.2 Å². The van der Waals surface area contributed by atoms with Crippen LogP contribution in [-0.2, 0) is 13.1 Å². The average Bonchev–Trinajstić information content (AvgIpc) is 3.18. The van der Waals surface area contributed by atoms with Crippen molar-refractivity contribution in [1.29, 1.82) is 0 Å². The summed E-state index contributed by atoms with van der Waals surface area (Å²) in [4.78, 5) is 30.8. The Labute approximate surface area is 180 Å². The number of nitrogens with zero attached hydrogens (tertiary/aromatic N) is 4. The molecule has 0 N–H and O–H groups in total. The smallest absolute Gasteiger partial charge is 0.337 e. The highest BCUT2D eigenvalue weighted by molar-refractivity contribution is 5.72. The van der Waals surface area contributed by atoms with Crippen LogP contribution in [-0.4, -0.2) is 25.8 Å². The van der Waals surface area contributed by atoms with Gasteiger partial charge in [0.05, 0.1) is 19.1 Å². The number of benzene rings is 2. The summed E-state index contributed by atoms with van der Waals surface area (Å²) in [7, 11) is 1.62. The third-order valence-corrected chi connectivity index (χ3v) is 5.55. The van der Waals surface area contributed by atoms with Crippen LogP contribution in [0.1, 0.15) is 37.8 Å². The third kappa shape index (κ3) is 3.67. The number of hydrogen-bond donors (Lipinski definition) is 0. The minimum atomic E-state index is -0.382. The maximum absolute atomic E-state index is 13.2. The van der Waals surface area contributed by atoms with Gasteiger partial charge >= 0.3 is 5.69 Å². The van der Waals surface area contributed by atoms with Crippen molar-refractivity contribution >= 4 is 11.2 Å². The Morgan fingerprint density at radius 3 is 2.26 bits per heavy atom. The Morgan fingerprint density at radius 2 is 1.68 bits per heavy atom. The first-order valence-corrected chi connectivity index (χ1v) is 10.4. The average molecular weight is 418 g/mol. The Bertz CT molecular complexity index is 1330. The van der Waals surface area contributed by atoms with Crippen LogP contribution in [0.4, 0.5) is 0 Å². The summed E-state index contributed by atoms with van der Waals surface area (Å²) in [6, 6.07) is 15.5. The lowest BCUT2D eigenvalue weighted by molar-refractivity contribution is 0.414. The molecule has 7 heteroatoms. The lowest BCUT2D eigenvalue weighted by atomic mass is 10.0. The number of hydrogen-bond acceptors (Lipinski definition) is 4. The molecule has 0 atom stereocenters. The van der Waals surface area contributed by atoms with Gasteiger partial charge in [0.1, 0.15) is 5.75 Å². The molecule has 0 unspecified atom stereocenters. The molecule has 4 rings (SSSR count). The van der Waals surface area contributed by atoms with Crippen LogP contribution >= 0.6 is 0 Å². The van der Waals surface area contributed by atoms with E-state index in [1.165, 1.54) is 14.7 Å². The van der Waals surface area contributed by atoms with Crippen molar-refractivity contribution in [1.82, 2.24) is 18.7 Å². The molecule has 0 amide bonds. The van der Waals surface area contributed by atoms with E-state index in [1.807, 2.05) is 48.5 Å². The molecule has 0 bridgehead atoms. The Hall–Kier alpha value is -3.61. The summed E-state index contributed by atoms with van der Waals surface area (Å²) in [5.41, 5.74) is 2.94. The van der Waals surface area contributed by atoms with E-state index in [-0.39, 0.29) is 17.8 Å². The summed E-state index contributed by atoms with van der Waals surface area (Å²) in [6.07, 6.45) is 1.62. The Balaban J connectivity index is 1.89. The maximum Gasteiger partial charge on any atom is 0.337 e. The van der Waals surface area contributed by atoms with E-state index in [1.54, 1.807) is 24.9 Å². The van der Waals surface area contributed by atoms with Crippen LogP contribution in [0, 0.1) is 0 Å². The first kappa shape index (κ1) is 20.7. The molecule has 0 aliphatic rings. The van der Waals surface area contributed by atoms with Gasteiger partial charge in [-0.15, -0.1) is 0 Å². The molecule has 2 heterocycles. The Kier molecular flexibility index (Phi) is 5.50. The van der Waals surface area contributed by atoms with E-state index in [9.17, 15) is 9.59 Å². The van der Waals surface area contributed by atoms with E-state index in [2.05, 4.69) is 18.8 Å². The van der Waals surface area contributed by atoms with Gasteiger partial charge in [-0.3, -0.25) is 9.36 Å². The predicted octanol–water partition coefficient (Wildman–Crippen LogP) is 3.55. The fourth-order valence-electron chi connectivity index (χ4n) is 3.75. The molecule has 2 aromatic carbocycles. The molecule has 0 saturated carbocycles. The second-order valence-electron chi connectivity index (χ2n) is 7.81. The molecule has 7 nitrogen and oxygen atoms in total. The minimum Gasteiger partial charge on any atom is -0.497 e. The lowest BCUT2D eigenvalue weighted by Crippen LogP contribution is -2.39. The van der Waals surface area contributed by atoms with Crippen molar-refractivity contribution < 1.29 is 4.74 Å². The normalized spacial score (nSPS) is 11.4. The van der Waals surface area contributed by atoms with Crippen LogP contribution in [0.2, 0.25) is 0 Å². The number of methoxy groups -OCH3 is 1. The van der Waals surface area contributed by atoms with Crippen molar-refractivity contribution in [3.63, 3.8) is 0 Å². The van der Waals surface area contributed by atoms with Gasteiger partial charge in [-0.25, -0.2) is 14.3 Å². The van der Waals surface area contributed by atoms with E-state index in [0.717, 1.165) is 11.3 Å². The molecular formula is C24H26N4O3. The van der Waals surface area contributed by atoms with Crippen LogP contribution < -0.4 is 16.0 Å². The van der Waals surface area contributed by atoms with Gasteiger partial charge in [-0.2, -0.15) is 0 Å². The summed E-state index contributed by atoms with van der Waals surface area (Å²) < 4.78 is 9.79. The van der Waals surface area contributed by atoms with Crippen molar-refractivity contribution in [2.75, 3.05) is 7.11 Å². The molecule has 0 aliphatic carbocycles. The summed E-state index contributed by atoms with van der Waals surface area (Å²) in [5.74, 6) is 1.16. The SMILES string of the molecule is CCn1c(=O)c2c(ncn2Cc2ccc(OC)cc2)n(-c2ccc(C(C)C)cc2)c1=O.